The molecule has 120 valence electrons. The number of hydrogen-bond donors (Lipinski definition) is 2. The third-order valence-electron chi connectivity index (χ3n) is 3.21. The second-order valence-electron chi connectivity index (χ2n) is 7.50. The molecule has 0 radical (unpaired) electrons. The highest BCUT2D eigenvalue weighted by Gasteiger charge is 2.25. The van der Waals surface area contributed by atoms with E-state index >= 15 is 0 Å². The van der Waals surface area contributed by atoms with E-state index < -0.39 is 0 Å². The van der Waals surface area contributed by atoms with Gasteiger partial charge in [0, 0.05) is 17.9 Å². The molecule has 0 spiro atoms. The number of carbonyl (C=O) groups is 1. The van der Waals surface area contributed by atoms with Crippen LogP contribution in [0.4, 0.5) is 5.82 Å². The molecule has 0 aliphatic heterocycles. The van der Waals surface area contributed by atoms with Gasteiger partial charge in [0.25, 0.3) is 0 Å². The van der Waals surface area contributed by atoms with E-state index in [1.54, 1.807) is 0 Å². The van der Waals surface area contributed by atoms with Crippen LogP contribution in [0.25, 0.3) is 0 Å². The summed E-state index contributed by atoms with van der Waals surface area (Å²) in [5.41, 5.74) is 0.780. The molecule has 1 amide bonds. The predicted molar refractivity (Wildman–Crippen MR) is 87.7 cm³/mol. The quantitative estimate of drug-likeness (QED) is 0.821. The van der Waals surface area contributed by atoms with Crippen molar-refractivity contribution in [2.24, 2.45) is 0 Å². The van der Waals surface area contributed by atoms with E-state index in [4.69, 9.17) is 5.10 Å². The first-order valence-corrected chi connectivity index (χ1v) is 7.61. The van der Waals surface area contributed by atoms with Crippen molar-refractivity contribution >= 4 is 11.7 Å². The third kappa shape index (κ3) is 5.16. The monoisotopic (exact) mass is 294 g/mol. The summed E-state index contributed by atoms with van der Waals surface area (Å²) in [7, 11) is 1.89. The van der Waals surface area contributed by atoms with Crippen molar-refractivity contribution < 1.29 is 4.79 Å². The first-order valence-electron chi connectivity index (χ1n) is 7.61. The Hall–Kier alpha value is -1.36. The Morgan fingerprint density at radius 3 is 2.33 bits per heavy atom. The van der Waals surface area contributed by atoms with Gasteiger partial charge in [-0.25, -0.2) is 4.68 Å². The highest BCUT2D eigenvalue weighted by molar-refractivity contribution is 5.89. The van der Waals surface area contributed by atoms with Crippen LogP contribution in [0, 0.1) is 0 Å². The van der Waals surface area contributed by atoms with Gasteiger partial charge in [-0.15, -0.1) is 0 Å². The van der Waals surface area contributed by atoms with Gasteiger partial charge in [0.05, 0.1) is 11.2 Å². The van der Waals surface area contributed by atoms with Crippen molar-refractivity contribution in [2.75, 3.05) is 18.9 Å². The summed E-state index contributed by atoms with van der Waals surface area (Å²) in [6.07, 6.45) is 1.35. The molecule has 1 heterocycles. The number of nitrogens with zero attached hydrogens (tertiary/aromatic N) is 2. The van der Waals surface area contributed by atoms with Gasteiger partial charge >= 0.3 is 0 Å². The molecule has 0 bridgehead atoms. The Bertz CT molecular complexity index is 477. The van der Waals surface area contributed by atoms with E-state index in [9.17, 15) is 4.79 Å². The lowest BCUT2D eigenvalue weighted by Crippen LogP contribution is -2.27. The number of hydrogen-bond acceptors (Lipinski definition) is 3. The summed E-state index contributed by atoms with van der Waals surface area (Å²) in [6.45, 7) is 13.5. The summed E-state index contributed by atoms with van der Waals surface area (Å²) in [4.78, 5) is 12.0. The lowest BCUT2D eigenvalue weighted by molar-refractivity contribution is -0.116. The Balaban J connectivity index is 2.94. The molecule has 0 aliphatic rings. The summed E-state index contributed by atoms with van der Waals surface area (Å²) >= 11 is 0. The third-order valence-corrected chi connectivity index (χ3v) is 3.21. The van der Waals surface area contributed by atoms with Gasteiger partial charge in [0.1, 0.15) is 5.82 Å². The van der Waals surface area contributed by atoms with Crippen LogP contribution in [0.15, 0.2) is 6.07 Å². The molecule has 1 aromatic heterocycles. The largest absolute Gasteiger partial charge is 0.320 e. The van der Waals surface area contributed by atoms with Crippen LogP contribution in [0.2, 0.25) is 0 Å². The molecule has 0 aliphatic carbocycles. The lowest BCUT2D eigenvalue weighted by Gasteiger charge is -2.23. The maximum absolute atomic E-state index is 12.0. The molecule has 0 fully saturated rings. The van der Waals surface area contributed by atoms with Crippen LogP contribution in [-0.4, -0.2) is 29.3 Å². The standard InChI is InChI=1S/C16H30N4O/c1-15(2,3)12-11-13(20(19-12)16(4,5)6)18-14(21)9-8-10-17-7/h11,17H,8-10H2,1-7H3,(H,18,21). The highest BCUT2D eigenvalue weighted by Crippen LogP contribution is 2.28. The minimum absolute atomic E-state index is 0.0381. The van der Waals surface area contributed by atoms with Crippen LogP contribution in [-0.2, 0) is 15.7 Å². The zero-order valence-electron chi connectivity index (χ0n) is 14.5. The van der Waals surface area contributed by atoms with E-state index in [1.165, 1.54) is 0 Å². The predicted octanol–water partition coefficient (Wildman–Crippen LogP) is 2.87. The van der Waals surface area contributed by atoms with Gasteiger partial charge in [-0.3, -0.25) is 4.79 Å². The molecule has 2 N–H and O–H groups in total. The van der Waals surface area contributed by atoms with Gasteiger partial charge in [-0.05, 0) is 40.8 Å². The molecule has 21 heavy (non-hydrogen) atoms. The average Bonchev–Trinajstić information content (AvgIpc) is 2.72. The van der Waals surface area contributed by atoms with Crippen molar-refractivity contribution in [1.29, 1.82) is 0 Å². The lowest BCUT2D eigenvalue weighted by atomic mass is 9.92. The summed E-state index contributed by atoms with van der Waals surface area (Å²) in [5, 5.41) is 10.7. The van der Waals surface area contributed by atoms with Gasteiger partial charge in [-0.2, -0.15) is 5.10 Å². The average molecular weight is 294 g/mol. The fraction of sp³-hybridized carbons (Fsp3) is 0.750. The van der Waals surface area contributed by atoms with E-state index in [0.717, 1.165) is 24.5 Å². The van der Waals surface area contributed by atoms with Gasteiger partial charge in [0.2, 0.25) is 5.91 Å². The number of carbonyl (C=O) groups excluding carboxylic acids is 1. The van der Waals surface area contributed by atoms with Crippen molar-refractivity contribution in [3.63, 3.8) is 0 Å². The topological polar surface area (TPSA) is 59.0 Å². The van der Waals surface area contributed by atoms with Gasteiger partial charge in [-0.1, -0.05) is 20.8 Å². The van der Waals surface area contributed by atoms with E-state index in [2.05, 4.69) is 52.2 Å². The van der Waals surface area contributed by atoms with Crippen LogP contribution in [0.3, 0.4) is 0 Å². The van der Waals surface area contributed by atoms with E-state index in [0.29, 0.717) is 6.42 Å². The summed E-state index contributed by atoms with van der Waals surface area (Å²) in [6, 6.07) is 1.99. The van der Waals surface area contributed by atoms with Crippen molar-refractivity contribution in [2.45, 2.75) is 65.3 Å². The molecule has 5 nitrogen and oxygen atoms in total. The number of nitrogens with one attached hydrogen (secondary N) is 2. The Morgan fingerprint density at radius 2 is 1.86 bits per heavy atom. The maximum atomic E-state index is 12.0. The first kappa shape index (κ1) is 17.7. The van der Waals surface area contributed by atoms with Gasteiger partial charge < -0.3 is 10.6 Å². The fourth-order valence-electron chi connectivity index (χ4n) is 1.98. The smallest absolute Gasteiger partial charge is 0.225 e. The minimum atomic E-state index is -0.170. The normalized spacial score (nSPS) is 12.5. The molecule has 1 rings (SSSR count). The summed E-state index contributed by atoms with van der Waals surface area (Å²) < 4.78 is 1.91. The molecule has 0 saturated carbocycles. The number of anilines is 1. The Kier molecular flexibility index (Phi) is 5.56. The van der Waals surface area contributed by atoms with Crippen molar-refractivity contribution in [1.82, 2.24) is 15.1 Å². The highest BCUT2D eigenvalue weighted by atomic mass is 16.1. The summed E-state index contributed by atoms with van der Waals surface area (Å²) in [5.74, 6) is 0.818. The number of amides is 1. The van der Waals surface area contributed by atoms with Crippen molar-refractivity contribution in [3.8, 4) is 0 Å². The zero-order valence-corrected chi connectivity index (χ0v) is 14.5. The van der Waals surface area contributed by atoms with E-state index in [-0.39, 0.29) is 16.9 Å². The van der Waals surface area contributed by atoms with Crippen LogP contribution in [0.5, 0.6) is 0 Å². The Labute approximate surface area is 128 Å². The Morgan fingerprint density at radius 1 is 1.24 bits per heavy atom. The van der Waals surface area contributed by atoms with Crippen LogP contribution in [0.1, 0.15) is 60.1 Å². The minimum Gasteiger partial charge on any atom is -0.320 e. The molecule has 0 saturated heterocycles. The maximum Gasteiger partial charge on any atom is 0.225 e. The molecular weight excluding hydrogens is 264 g/mol. The first-order chi connectivity index (χ1) is 9.55. The van der Waals surface area contributed by atoms with Crippen molar-refractivity contribution in [3.05, 3.63) is 11.8 Å². The van der Waals surface area contributed by atoms with Crippen LogP contribution < -0.4 is 10.6 Å². The molecule has 1 aromatic rings. The van der Waals surface area contributed by atoms with Gasteiger partial charge in [0.15, 0.2) is 0 Å². The molecule has 5 heteroatoms. The fourth-order valence-corrected chi connectivity index (χ4v) is 1.98. The SMILES string of the molecule is CNCCCC(=O)Nc1cc(C(C)(C)C)nn1C(C)(C)C. The molecular formula is C16H30N4O. The number of aromatic nitrogens is 2. The zero-order chi connectivity index (χ0) is 16.3. The molecule has 0 atom stereocenters. The second kappa shape index (κ2) is 6.60. The second-order valence-corrected chi connectivity index (χ2v) is 7.50. The molecule has 0 aromatic carbocycles. The van der Waals surface area contributed by atoms with E-state index in [1.807, 2.05) is 17.8 Å². The number of rotatable bonds is 5. The molecule has 0 unspecified atom stereocenters. The van der Waals surface area contributed by atoms with Crippen LogP contribution >= 0.6 is 0 Å².